The highest BCUT2D eigenvalue weighted by molar-refractivity contribution is 5.54. The lowest BCUT2D eigenvalue weighted by Gasteiger charge is -2.01. The Hall–Kier alpha value is -1.93. The van der Waals surface area contributed by atoms with E-state index in [-0.39, 0.29) is 30.3 Å². The van der Waals surface area contributed by atoms with Gasteiger partial charge in [0.05, 0.1) is 6.04 Å². The van der Waals surface area contributed by atoms with Crippen molar-refractivity contribution in [3.63, 3.8) is 0 Å². The van der Waals surface area contributed by atoms with Crippen LogP contribution in [0.3, 0.4) is 0 Å². The molecular formula is C11H10F3N3O2. The maximum Gasteiger partial charge on any atom is 0.243 e. The molecule has 0 aliphatic heterocycles. The zero-order valence-electron chi connectivity index (χ0n) is 9.61. The van der Waals surface area contributed by atoms with Gasteiger partial charge in [-0.05, 0) is 18.6 Å². The predicted octanol–water partition coefficient (Wildman–Crippen LogP) is 1.54. The van der Waals surface area contributed by atoms with Crippen LogP contribution in [0.25, 0.3) is 11.4 Å². The van der Waals surface area contributed by atoms with Gasteiger partial charge in [-0.25, -0.2) is 13.2 Å². The maximum atomic E-state index is 13.1. The zero-order chi connectivity index (χ0) is 14.0. The van der Waals surface area contributed by atoms with Gasteiger partial charge in [0.25, 0.3) is 0 Å². The van der Waals surface area contributed by atoms with Gasteiger partial charge in [0.2, 0.25) is 11.7 Å². The first-order valence-electron chi connectivity index (χ1n) is 5.38. The largest absolute Gasteiger partial charge is 0.396 e. The summed E-state index contributed by atoms with van der Waals surface area (Å²) in [4.78, 5) is 3.84. The van der Waals surface area contributed by atoms with E-state index in [1.807, 2.05) is 0 Å². The number of nitrogens with zero attached hydrogens (tertiary/aromatic N) is 2. The van der Waals surface area contributed by atoms with Crippen LogP contribution in [0.4, 0.5) is 13.2 Å². The summed E-state index contributed by atoms with van der Waals surface area (Å²) in [5.74, 6) is -4.35. The van der Waals surface area contributed by atoms with E-state index < -0.39 is 23.5 Å². The first-order chi connectivity index (χ1) is 9.02. The molecular weight excluding hydrogens is 263 g/mol. The van der Waals surface area contributed by atoms with Crippen molar-refractivity contribution in [2.75, 3.05) is 6.61 Å². The first kappa shape index (κ1) is 13.5. The van der Waals surface area contributed by atoms with Crippen LogP contribution in [0.2, 0.25) is 0 Å². The molecule has 0 radical (unpaired) electrons. The Balaban J connectivity index is 2.33. The van der Waals surface area contributed by atoms with Crippen LogP contribution in [0.5, 0.6) is 0 Å². The van der Waals surface area contributed by atoms with E-state index in [0.29, 0.717) is 0 Å². The maximum absolute atomic E-state index is 13.1. The first-order valence-corrected chi connectivity index (χ1v) is 5.38. The van der Waals surface area contributed by atoms with Crippen molar-refractivity contribution in [1.29, 1.82) is 0 Å². The molecule has 2 rings (SSSR count). The van der Waals surface area contributed by atoms with Gasteiger partial charge in [-0.1, -0.05) is 5.16 Å². The fraction of sp³-hybridized carbons (Fsp3) is 0.273. The molecule has 0 amide bonds. The molecule has 0 saturated heterocycles. The summed E-state index contributed by atoms with van der Waals surface area (Å²) in [5, 5.41) is 12.2. The lowest BCUT2D eigenvalue weighted by molar-refractivity contribution is 0.259. The highest BCUT2D eigenvalue weighted by atomic mass is 19.2. The van der Waals surface area contributed by atoms with E-state index in [1.54, 1.807) is 0 Å². The Morgan fingerprint density at radius 3 is 2.47 bits per heavy atom. The highest BCUT2D eigenvalue weighted by Crippen LogP contribution is 2.22. The van der Waals surface area contributed by atoms with Crippen molar-refractivity contribution in [2.45, 2.75) is 12.5 Å². The molecule has 5 nitrogen and oxygen atoms in total. The van der Waals surface area contributed by atoms with Crippen molar-refractivity contribution in [3.8, 4) is 11.4 Å². The minimum Gasteiger partial charge on any atom is -0.396 e. The average Bonchev–Trinajstić information content (AvgIpc) is 2.85. The Morgan fingerprint density at radius 2 is 1.89 bits per heavy atom. The number of aliphatic hydroxyl groups is 1. The Kier molecular flexibility index (Phi) is 3.82. The second-order valence-electron chi connectivity index (χ2n) is 3.83. The molecule has 1 atom stereocenters. The second kappa shape index (κ2) is 5.37. The summed E-state index contributed by atoms with van der Waals surface area (Å²) >= 11 is 0. The molecule has 1 aromatic carbocycles. The minimum absolute atomic E-state index is 0.0224. The Bertz CT molecular complexity index is 565. The normalized spacial score (nSPS) is 12.7. The molecule has 0 fully saturated rings. The Labute approximate surface area is 105 Å². The number of aromatic nitrogens is 2. The summed E-state index contributed by atoms with van der Waals surface area (Å²) in [7, 11) is 0. The summed E-state index contributed by atoms with van der Waals surface area (Å²) in [6.45, 7) is -0.168. The molecule has 1 unspecified atom stereocenters. The van der Waals surface area contributed by atoms with E-state index in [4.69, 9.17) is 15.4 Å². The van der Waals surface area contributed by atoms with E-state index in [2.05, 4.69) is 10.1 Å². The van der Waals surface area contributed by atoms with Crippen LogP contribution in [-0.4, -0.2) is 21.9 Å². The van der Waals surface area contributed by atoms with Crippen molar-refractivity contribution in [2.24, 2.45) is 5.73 Å². The van der Waals surface area contributed by atoms with Crippen molar-refractivity contribution in [1.82, 2.24) is 10.1 Å². The lowest BCUT2D eigenvalue weighted by Crippen LogP contribution is -2.12. The molecule has 0 aliphatic rings. The molecule has 8 heteroatoms. The number of hydrogen-bond acceptors (Lipinski definition) is 5. The summed E-state index contributed by atoms with van der Waals surface area (Å²) in [5.41, 5.74) is 5.55. The predicted molar refractivity (Wildman–Crippen MR) is 58.2 cm³/mol. The minimum atomic E-state index is -1.57. The van der Waals surface area contributed by atoms with Gasteiger partial charge in [0.15, 0.2) is 17.5 Å². The van der Waals surface area contributed by atoms with Crippen molar-refractivity contribution < 1.29 is 22.8 Å². The highest BCUT2D eigenvalue weighted by Gasteiger charge is 2.18. The Morgan fingerprint density at radius 1 is 1.26 bits per heavy atom. The molecule has 1 aromatic heterocycles. The van der Waals surface area contributed by atoms with Gasteiger partial charge >= 0.3 is 0 Å². The van der Waals surface area contributed by atoms with Crippen LogP contribution >= 0.6 is 0 Å². The monoisotopic (exact) mass is 273 g/mol. The van der Waals surface area contributed by atoms with Gasteiger partial charge < -0.3 is 15.4 Å². The van der Waals surface area contributed by atoms with E-state index in [0.717, 1.165) is 12.1 Å². The van der Waals surface area contributed by atoms with Gasteiger partial charge in [-0.3, -0.25) is 0 Å². The van der Waals surface area contributed by atoms with Crippen molar-refractivity contribution >= 4 is 0 Å². The number of halogens is 3. The number of rotatable bonds is 4. The summed E-state index contributed by atoms with van der Waals surface area (Å²) in [6.07, 6.45) is 0.202. The van der Waals surface area contributed by atoms with Gasteiger partial charge in [0, 0.05) is 12.2 Å². The molecule has 0 saturated carbocycles. The summed E-state index contributed by atoms with van der Waals surface area (Å²) in [6, 6.07) is 0.830. The third-order valence-corrected chi connectivity index (χ3v) is 2.44. The molecule has 0 aliphatic carbocycles. The van der Waals surface area contributed by atoms with Gasteiger partial charge in [0.1, 0.15) is 0 Å². The van der Waals surface area contributed by atoms with Gasteiger partial charge in [-0.15, -0.1) is 0 Å². The molecule has 102 valence electrons. The molecule has 3 N–H and O–H groups in total. The smallest absolute Gasteiger partial charge is 0.243 e. The fourth-order valence-electron chi connectivity index (χ4n) is 1.45. The van der Waals surface area contributed by atoms with E-state index in [9.17, 15) is 13.2 Å². The fourth-order valence-corrected chi connectivity index (χ4v) is 1.45. The molecule has 1 heterocycles. The second-order valence-corrected chi connectivity index (χ2v) is 3.83. The van der Waals surface area contributed by atoms with Crippen LogP contribution in [0.1, 0.15) is 18.4 Å². The van der Waals surface area contributed by atoms with Crippen LogP contribution in [0, 0.1) is 17.5 Å². The van der Waals surface area contributed by atoms with Crippen molar-refractivity contribution in [3.05, 3.63) is 35.5 Å². The van der Waals surface area contributed by atoms with E-state index >= 15 is 0 Å². The number of hydrogen-bond donors (Lipinski definition) is 2. The third-order valence-electron chi connectivity index (χ3n) is 2.44. The number of benzene rings is 1. The lowest BCUT2D eigenvalue weighted by atomic mass is 10.2. The third kappa shape index (κ3) is 2.74. The van der Waals surface area contributed by atoms with E-state index in [1.165, 1.54) is 0 Å². The quantitative estimate of drug-likeness (QED) is 0.825. The number of aliphatic hydroxyl groups excluding tert-OH is 1. The molecule has 0 bridgehead atoms. The molecule has 19 heavy (non-hydrogen) atoms. The molecule has 2 aromatic rings. The topological polar surface area (TPSA) is 85.2 Å². The summed E-state index contributed by atoms with van der Waals surface area (Å²) < 4.78 is 43.7. The SMILES string of the molecule is NC(CCO)c1nc(-c2cc(F)c(F)c(F)c2)no1. The standard InChI is InChI=1S/C11H10F3N3O2/c12-6-3-5(4-7(13)9(6)14)10-16-11(19-17-10)8(15)1-2-18/h3-4,8,18H,1-2,15H2. The van der Waals surface area contributed by atoms with Crippen LogP contribution in [-0.2, 0) is 0 Å². The van der Waals surface area contributed by atoms with Gasteiger partial charge in [-0.2, -0.15) is 4.98 Å². The molecule has 0 spiro atoms. The zero-order valence-corrected chi connectivity index (χ0v) is 9.61. The average molecular weight is 273 g/mol. The number of nitrogens with two attached hydrogens (primary N) is 1. The van der Waals surface area contributed by atoms with Crippen LogP contribution in [0.15, 0.2) is 16.7 Å². The van der Waals surface area contributed by atoms with Crippen LogP contribution < -0.4 is 5.73 Å².